The molecule has 0 spiro atoms. The van der Waals surface area contributed by atoms with Crippen molar-refractivity contribution < 1.29 is 13.6 Å². The second-order valence-corrected chi connectivity index (χ2v) is 7.88. The number of aryl methyl sites for hydroxylation is 1. The van der Waals surface area contributed by atoms with Crippen LogP contribution in [-0.4, -0.2) is 43.5 Å². The highest BCUT2D eigenvalue weighted by Gasteiger charge is 2.39. The zero-order valence-corrected chi connectivity index (χ0v) is 18.0. The number of carbonyl (C=O) groups excluding carboxylic acids is 1. The summed E-state index contributed by atoms with van der Waals surface area (Å²) in [6, 6.07) is 5.92. The minimum atomic E-state index is -0.616. The summed E-state index contributed by atoms with van der Waals surface area (Å²) < 4.78 is 30.1. The number of rotatable bonds is 4. The summed E-state index contributed by atoms with van der Waals surface area (Å²) in [5, 5.41) is 0.727. The van der Waals surface area contributed by atoms with Crippen molar-refractivity contribution in [1.29, 1.82) is 0 Å². The maximum atomic E-state index is 14.4. The predicted molar refractivity (Wildman–Crippen MR) is 120 cm³/mol. The van der Waals surface area contributed by atoms with Crippen LogP contribution in [0.25, 0.3) is 22.2 Å². The summed E-state index contributed by atoms with van der Waals surface area (Å²) in [4.78, 5) is 28.9. The first kappa shape index (κ1) is 20.8. The van der Waals surface area contributed by atoms with Crippen molar-refractivity contribution in [2.75, 3.05) is 23.7 Å². The Kier molecular flexibility index (Phi) is 4.92. The van der Waals surface area contributed by atoms with Crippen molar-refractivity contribution in [3.8, 4) is 11.1 Å². The fourth-order valence-electron chi connectivity index (χ4n) is 4.38. The van der Waals surface area contributed by atoms with E-state index in [0.717, 1.165) is 34.7 Å². The summed E-state index contributed by atoms with van der Waals surface area (Å²) in [5.41, 5.74) is 8.55. The van der Waals surface area contributed by atoms with Gasteiger partial charge in [-0.1, -0.05) is 0 Å². The number of likely N-dealkylation sites (N-methyl/N-ethyl adjacent to an activating group) is 1. The molecule has 1 unspecified atom stereocenters. The summed E-state index contributed by atoms with van der Waals surface area (Å²) in [6.45, 7) is 2.31. The van der Waals surface area contributed by atoms with E-state index in [2.05, 4.69) is 15.0 Å². The Balaban J connectivity index is 1.49. The molecule has 0 saturated carbocycles. The molecule has 1 atom stereocenters. The largest absolute Gasteiger partial charge is 0.383 e. The number of halogens is 2. The summed E-state index contributed by atoms with van der Waals surface area (Å²) >= 11 is 0. The molecule has 0 bridgehead atoms. The summed E-state index contributed by atoms with van der Waals surface area (Å²) in [5.74, 6) is -0.304. The number of nitrogens with two attached hydrogens (primary N) is 1. The molecular weight excluding hydrogens is 428 g/mol. The number of urea groups is 1. The highest BCUT2D eigenvalue weighted by Crippen LogP contribution is 2.35. The maximum Gasteiger partial charge on any atom is 0.326 e. The lowest BCUT2D eigenvalue weighted by molar-refractivity contribution is 0.208. The average molecular weight is 449 g/mol. The van der Waals surface area contributed by atoms with Gasteiger partial charge in [0.2, 0.25) is 0 Å². The van der Waals surface area contributed by atoms with Crippen LogP contribution in [0, 0.1) is 11.6 Å². The third-order valence-electron chi connectivity index (χ3n) is 5.98. The average Bonchev–Trinajstić information content (AvgIpc) is 3.33. The molecule has 1 fully saturated rings. The van der Waals surface area contributed by atoms with Crippen LogP contribution in [-0.2, 0) is 7.05 Å². The summed E-state index contributed by atoms with van der Waals surface area (Å²) in [7, 11) is 1.87. The second kappa shape index (κ2) is 7.80. The number of pyridine rings is 1. The van der Waals surface area contributed by atoms with E-state index >= 15 is 0 Å². The van der Waals surface area contributed by atoms with E-state index in [4.69, 9.17) is 5.73 Å². The predicted octanol–water partition coefficient (Wildman–Crippen LogP) is 3.89. The van der Waals surface area contributed by atoms with E-state index in [1.807, 2.05) is 23.9 Å². The monoisotopic (exact) mass is 449 g/mol. The topological polar surface area (TPSA) is 93.2 Å². The van der Waals surface area contributed by atoms with Gasteiger partial charge in [-0.2, -0.15) is 0 Å². The van der Waals surface area contributed by atoms with Gasteiger partial charge in [-0.3, -0.25) is 4.90 Å². The minimum Gasteiger partial charge on any atom is -0.383 e. The fourth-order valence-corrected chi connectivity index (χ4v) is 4.38. The lowest BCUT2D eigenvalue weighted by Crippen LogP contribution is -2.32. The van der Waals surface area contributed by atoms with Crippen LogP contribution in [0.5, 0.6) is 0 Å². The first-order chi connectivity index (χ1) is 15.9. The Labute approximate surface area is 188 Å². The molecule has 33 heavy (non-hydrogen) atoms. The number of fused-ring (bicyclic) bond motifs is 1. The van der Waals surface area contributed by atoms with Crippen LogP contribution in [0.2, 0.25) is 0 Å². The molecule has 0 aliphatic carbocycles. The Morgan fingerprint density at radius 1 is 1.15 bits per heavy atom. The molecule has 1 aliphatic heterocycles. The van der Waals surface area contributed by atoms with Crippen LogP contribution in [0.15, 0.2) is 49.1 Å². The molecule has 4 heterocycles. The van der Waals surface area contributed by atoms with Crippen LogP contribution in [0.3, 0.4) is 0 Å². The molecule has 1 saturated heterocycles. The van der Waals surface area contributed by atoms with E-state index in [1.165, 1.54) is 16.1 Å². The molecular formula is C23H21F2N7O. The lowest BCUT2D eigenvalue weighted by atomic mass is 10.1. The quantitative estimate of drug-likeness (QED) is 0.510. The molecule has 168 valence electrons. The zero-order chi connectivity index (χ0) is 23.3. The van der Waals surface area contributed by atoms with Gasteiger partial charge in [-0.05, 0) is 37.3 Å². The lowest BCUT2D eigenvalue weighted by Gasteiger charge is -2.22. The van der Waals surface area contributed by atoms with Gasteiger partial charge in [0.15, 0.2) is 0 Å². The van der Waals surface area contributed by atoms with Gasteiger partial charge in [-0.25, -0.2) is 28.5 Å². The van der Waals surface area contributed by atoms with Gasteiger partial charge < -0.3 is 15.2 Å². The van der Waals surface area contributed by atoms with E-state index in [-0.39, 0.29) is 18.1 Å². The molecule has 8 nitrogen and oxygen atoms in total. The summed E-state index contributed by atoms with van der Waals surface area (Å²) in [6.07, 6.45) is 4.96. The van der Waals surface area contributed by atoms with Crippen LogP contribution >= 0.6 is 0 Å². The number of amides is 2. The van der Waals surface area contributed by atoms with Crippen molar-refractivity contribution in [2.45, 2.75) is 13.0 Å². The molecule has 0 radical (unpaired) electrons. The molecule has 1 aromatic carbocycles. The number of hydrogen-bond donors (Lipinski definition) is 1. The highest BCUT2D eigenvalue weighted by molar-refractivity contribution is 6.00. The van der Waals surface area contributed by atoms with Gasteiger partial charge >= 0.3 is 6.03 Å². The third kappa shape index (κ3) is 3.34. The number of hydrogen-bond acceptors (Lipinski definition) is 5. The number of carbonyl (C=O) groups is 1. The van der Waals surface area contributed by atoms with Crippen molar-refractivity contribution >= 4 is 28.7 Å². The molecule has 2 amide bonds. The maximum absolute atomic E-state index is 14.4. The van der Waals surface area contributed by atoms with Gasteiger partial charge in [0.25, 0.3) is 0 Å². The Morgan fingerprint density at radius 3 is 2.70 bits per heavy atom. The van der Waals surface area contributed by atoms with Gasteiger partial charge in [0.05, 0.1) is 18.0 Å². The molecule has 5 rings (SSSR count). The fraction of sp³-hybridized carbons (Fsp3) is 0.217. The molecule has 3 aromatic heterocycles. The first-order valence-corrected chi connectivity index (χ1v) is 10.4. The SMILES string of the molecule is CCN1C(=O)N(c2ccc(-c3cn(C)c4ncnc(N)c34)cn2)CC1c1cc(F)ccc1F. The normalized spacial score (nSPS) is 16.2. The molecule has 2 N–H and O–H groups in total. The molecule has 10 heteroatoms. The van der Waals surface area contributed by atoms with E-state index < -0.39 is 17.7 Å². The minimum absolute atomic E-state index is 0.149. The van der Waals surface area contributed by atoms with Crippen molar-refractivity contribution in [3.05, 3.63) is 66.3 Å². The van der Waals surface area contributed by atoms with E-state index in [9.17, 15) is 13.6 Å². The second-order valence-electron chi connectivity index (χ2n) is 7.88. The van der Waals surface area contributed by atoms with Crippen LogP contribution in [0.4, 0.5) is 25.2 Å². The van der Waals surface area contributed by atoms with Crippen molar-refractivity contribution in [2.24, 2.45) is 7.05 Å². The standard InChI is InChI=1S/C23H21F2N7O/c1-3-31-18(15-8-14(24)5-6-17(15)25)11-32(23(31)33)19-7-4-13(9-27-19)16-10-30(2)22-20(16)21(26)28-12-29-22/h4-10,12,18H,3,11H2,1-2H3,(H2,26,28,29). The Bertz CT molecular complexity index is 1370. The van der Waals surface area contributed by atoms with Gasteiger partial charge in [0, 0.05) is 42.7 Å². The van der Waals surface area contributed by atoms with Crippen molar-refractivity contribution in [3.63, 3.8) is 0 Å². The van der Waals surface area contributed by atoms with E-state index in [1.54, 1.807) is 19.2 Å². The Morgan fingerprint density at radius 2 is 1.97 bits per heavy atom. The number of nitrogens with zero attached hydrogens (tertiary/aromatic N) is 6. The number of benzene rings is 1. The smallest absolute Gasteiger partial charge is 0.326 e. The Hall–Kier alpha value is -4.08. The zero-order valence-electron chi connectivity index (χ0n) is 18.0. The van der Waals surface area contributed by atoms with Crippen LogP contribution in [0.1, 0.15) is 18.5 Å². The first-order valence-electron chi connectivity index (χ1n) is 10.4. The van der Waals surface area contributed by atoms with Crippen LogP contribution < -0.4 is 10.6 Å². The molecule has 1 aliphatic rings. The van der Waals surface area contributed by atoms with E-state index in [0.29, 0.717) is 23.8 Å². The number of anilines is 2. The number of nitrogen functional groups attached to an aromatic ring is 1. The van der Waals surface area contributed by atoms with Gasteiger partial charge in [-0.15, -0.1) is 0 Å². The van der Waals surface area contributed by atoms with Gasteiger partial charge in [0.1, 0.15) is 35.2 Å². The number of aromatic nitrogens is 4. The third-order valence-corrected chi connectivity index (χ3v) is 5.98. The highest BCUT2D eigenvalue weighted by atomic mass is 19.1. The van der Waals surface area contributed by atoms with Crippen molar-refractivity contribution in [1.82, 2.24) is 24.4 Å². The molecule has 4 aromatic rings.